The van der Waals surface area contributed by atoms with Crippen molar-refractivity contribution in [3.8, 4) is 10.8 Å². The van der Waals surface area contributed by atoms with Gasteiger partial charge >= 0.3 is 0 Å². The molecule has 0 saturated carbocycles. The average molecular weight is 279 g/mol. The van der Waals surface area contributed by atoms with Crippen LogP contribution >= 0.6 is 11.3 Å². The molecule has 0 N–H and O–H groups in total. The summed E-state index contributed by atoms with van der Waals surface area (Å²) in [6, 6.07) is 0. The number of aryl methyl sites for hydroxylation is 1. The van der Waals surface area contributed by atoms with Gasteiger partial charge in [-0.15, -0.1) is 11.3 Å². The van der Waals surface area contributed by atoms with E-state index in [9.17, 15) is 0 Å². The maximum Gasteiger partial charge on any atom is 0.269 e. The zero-order valence-corrected chi connectivity index (χ0v) is 12.2. The molecule has 6 heteroatoms. The first-order valence-electron chi connectivity index (χ1n) is 6.54. The van der Waals surface area contributed by atoms with Crippen LogP contribution in [0.3, 0.4) is 0 Å². The fourth-order valence-electron chi connectivity index (χ4n) is 2.09. The molecule has 1 saturated heterocycles. The predicted octanol–water partition coefficient (Wildman–Crippen LogP) is 3.13. The van der Waals surface area contributed by atoms with E-state index in [4.69, 9.17) is 9.26 Å². The van der Waals surface area contributed by atoms with Crippen LogP contribution in [0.15, 0.2) is 4.52 Å². The summed E-state index contributed by atoms with van der Waals surface area (Å²) in [6.45, 7) is 7.73. The van der Waals surface area contributed by atoms with Crippen LogP contribution in [0.4, 0.5) is 0 Å². The summed E-state index contributed by atoms with van der Waals surface area (Å²) in [6.07, 6.45) is 0.970. The van der Waals surface area contributed by atoms with Gasteiger partial charge in [0.25, 0.3) is 5.89 Å². The molecule has 0 spiro atoms. The van der Waals surface area contributed by atoms with Crippen molar-refractivity contribution in [3.05, 3.63) is 16.5 Å². The number of rotatable bonds is 3. The van der Waals surface area contributed by atoms with Crippen molar-refractivity contribution in [3.63, 3.8) is 0 Å². The number of hydrogen-bond acceptors (Lipinski definition) is 6. The Morgan fingerprint density at radius 3 is 2.79 bits per heavy atom. The summed E-state index contributed by atoms with van der Waals surface area (Å²) in [7, 11) is 0. The van der Waals surface area contributed by atoms with Gasteiger partial charge in [0.2, 0.25) is 0 Å². The molecule has 102 valence electrons. The summed E-state index contributed by atoms with van der Waals surface area (Å²) in [5, 5.41) is 5.19. The molecule has 3 heterocycles. The third-order valence-electron chi connectivity index (χ3n) is 3.24. The van der Waals surface area contributed by atoms with Gasteiger partial charge in [0.05, 0.1) is 17.3 Å². The van der Waals surface area contributed by atoms with E-state index >= 15 is 0 Å². The van der Waals surface area contributed by atoms with Crippen LogP contribution in [-0.4, -0.2) is 28.3 Å². The van der Waals surface area contributed by atoms with E-state index in [0.717, 1.165) is 34.4 Å². The van der Waals surface area contributed by atoms with Gasteiger partial charge in [0.1, 0.15) is 4.88 Å². The van der Waals surface area contributed by atoms with Crippen LogP contribution in [0.1, 0.15) is 48.6 Å². The number of ether oxygens (including phenoxy) is 1. The molecule has 1 aliphatic rings. The first-order valence-corrected chi connectivity index (χ1v) is 7.36. The Morgan fingerprint density at radius 1 is 1.32 bits per heavy atom. The fraction of sp³-hybridized carbons (Fsp3) is 0.615. The number of aromatic nitrogens is 3. The monoisotopic (exact) mass is 279 g/mol. The van der Waals surface area contributed by atoms with Gasteiger partial charge in [-0.25, -0.2) is 4.98 Å². The zero-order valence-electron chi connectivity index (χ0n) is 11.3. The molecule has 19 heavy (non-hydrogen) atoms. The first kappa shape index (κ1) is 12.7. The van der Waals surface area contributed by atoms with Gasteiger partial charge in [-0.1, -0.05) is 19.0 Å². The molecule has 1 unspecified atom stereocenters. The Kier molecular flexibility index (Phi) is 3.36. The van der Waals surface area contributed by atoms with E-state index in [1.165, 1.54) is 0 Å². The summed E-state index contributed by atoms with van der Waals surface area (Å²) < 4.78 is 10.7. The highest BCUT2D eigenvalue weighted by atomic mass is 32.1. The van der Waals surface area contributed by atoms with Crippen LogP contribution in [0.5, 0.6) is 0 Å². The maximum atomic E-state index is 5.39. The summed E-state index contributed by atoms with van der Waals surface area (Å²) in [5.74, 6) is 2.04. The van der Waals surface area contributed by atoms with Gasteiger partial charge in [-0.2, -0.15) is 4.98 Å². The van der Waals surface area contributed by atoms with E-state index in [2.05, 4.69) is 29.0 Å². The lowest BCUT2D eigenvalue weighted by molar-refractivity contribution is 0.192. The molecule has 0 aromatic carbocycles. The molecule has 1 aliphatic heterocycles. The predicted molar refractivity (Wildman–Crippen MR) is 72.4 cm³/mol. The number of hydrogen-bond donors (Lipinski definition) is 0. The maximum absolute atomic E-state index is 5.39. The van der Waals surface area contributed by atoms with Gasteiger partial charge in [-0.05, 0) is 13.3 Å². The molecule has 0 bridgehead atoms. The number of nitrogens with zero attached hydrogens (tertiary/aromatic N) is 3. The van der Waals surface area contributed by atoms with Gasteiger partial charge in [-0.3, -0.25) is 0 Å². The Labute approximate surface area is 116 Å². The van der Waals surface area contributed by atoms with Gasteiger partial charge in [0.15, 0.2) is 5.82 Å². The van der Waals surface area contributed by atoms with Crippen molar-refractivity contribution < 1.29 is 9.26 Å². The quantitative estimate of drug-likeness (QED) is 0.863. The van der Waals surface area contributed by atoms with E-state index in [0.29, 0.717) is 18.4 Å². The largest absolute Gasteiger partial charge is 0.381 e. The van der Waals surface area contributed by atoms with Gasteiger partial charge in [0, 0.05) is 18.4 Å². The van der Waals surface area contributed by atoms with Crippen molar-refractivity contribution in [1.29, 1.82) is 0 Å². The molecular weight excluding hydrogens is 262 g/mol. The van der Waals surface area contributed by atoms with E-state index in [-0.39, 0.29) is 5.92 Å². The molecule has 2 aromatic heterocycles. The van der Waals surface area contributed by atoms with Crippen molar-refractivity contribution >= 4 is 11.3 Å². The topological polar surface area (TPSA) is 61.0 Å². The molecular formula is C13H17N3O2S. The van der Waals surface area contributed by atoms with Crippen LogP contribution < -0.4 is 0 Å². The molecule has 1 atom stereocenters. The van der Waals surface area contributed by atoms with Crippen molar-refractivity contribution in [1.82, 2.24) is 15.1 Å². The Morgan fingerprint density at radius 2 is 2.16 bits per heavy atom. The van der Waals surface area contributed by atoms with Crippen LogP contribution in [0, 0.1) is 6.92 Å². The van der Waals surface area contributed by atoms with E-state index < -0.39 is 0 Å². The molecule has 2 aromatic rings. The van der Waals surface area contributed by atoms with E-state index in [1.807, 2.05) is 6.92 Å². The zero-order chi connectivity index (χ0) is 13.4. The SMILES string of the molecule is Cc1nc(C(C)C)sc1-c1nc(C2CCOC2)no1. The third-order valence-corrected chi connectivity index (χ3v) is 4.68. The third kappa shape index (κ3) is 2.42. The van der Waals surface area contributed by atoms with Gasteiger partial charge < -0.3 is 9.26 Å². The highest BCUT2D eigenvalue weighted by molar-refractivity contribution is 7.15. The van der Waals surface area contributed by atoms with E-state index in [1.54, 1.807) is 11.3 Å². The first-order chi connectivity index (χ1) is 9.15. The standard InChI is InChI=1S/C13H17N3O2S/c1-7(2)13-14-8(3)10(19-13)12-15-11(16-18-12)9-4-5-17-6-9/h7,9H,4-6H2,1-3H3. The number of thiazole rings is 1. The fourth-order valence-corrected chi connectivity index (χ4v) is 3.08. The van der Waals surface area contributed by atoms with Crippen molar-refractivity contribution in [2.45, 2.75) is 39.0 Å². The Balaban J connectivity index is 1.89. The summed E-state index contributed by atoms with van der Waals surface area (Å²) in [5.41, 5.74) is 0.964. The normalized spacial score (nSPS) is 19.5. The van der Waals surface area contributed by atoms with Crippen molar-refractivity contribution in [2.75, 3.05) is 13.2 Å². The minimum atomic E-state index is 0.273. The highest BCUT2D eigenvalue weighted by Crippen LogP contribution is 2.33. The van der Waals surface area contributed by atoms with Crippen LogP contribution in [-0.2, 0) is 4.74 Å². The lowest BCUT2D eigenvalue weighted by atomic mass is 10.1. The molecule has 0 amide bonds. The van der Waals surface area contributed by atoms with Crippen molar-refractivity contribution in [2.24, 2.45) is 0 Å². The second-order valence-corrected chi connectivity index (χ2v) is 6.17. The minimum Gasteiger partial charge on any atom is -0.381 e. The second kappa shape index (κ2) is 5.02. The molecule has 3 rings (SSSR count). The lowest BCUT2D eigenvalue weighted by Gasteiger charge is -1.97. The Hall–Kier alpha value is -1.27. The second-order valence-electron chi connectivity index (χ2n) is 5.14. The highest BCUT2D eigenvalue weighted by Gasteiger charge is 2.25. The molecule has 0 aliphatic carbocycles. The lowest BCUT2D eigenvalue weighted by Crippen LogP contribution is -1.99. The van der Waals surface area contributed by atoms with Crippen LogP contribution in [0.25, 0.3) is 10.8 Å². The average Bonchev–Trinajstić information content (AvgIpc) is 3.07. The summed E-state index contributed by atoms with van der Waals surface area (Å²) in [4.78, 5) is 10.1. The molecule has 1 fully saturated rings. The molecule has 0 radical (unpaired) electrons. The van der Waals surface area contributed by atoms with Crippen LogP contribution in [0.2, 0.25) is 0 Å². The Bertz CT molecular complexity index is 570. The summed E-state index contributed by atoms with van der Waals surface area (Å²) >= 11 is 1.64. The molecule has 5 nitrogen and oxygen atoms in total. The smallest absolute Gasteiger partial charge is 0.269 e. The minimum absolute atomic E-state index is 0.273.